The van der Waals surface area contributed by atoms with Gasteiger partial charge in [0.2, 0.25) is 0 Å². The van der Waals surface area contributed by atoms with Crippen LogP contribution in [0.2, 0.25) is 4.94 Å². The Morgan fingerprint density at radius 3 is 2.64 bits per heavy atom. The molecule has 0 atom stereocenters. The Morgan fingerprint density at radius 2 is 2.27 bits per heavy atom. The minimum atomic E-state index is -0.735. The van der Waals surface area contributed by atoms with Gasteiger partial charge in [0.05, 0.1) is 0 Å². The van der Waals surface area contributed by atoms with Crippen LogP contribution in [0.25, 0.3) is 0 Å². The van der Waals surface area contributed by atoms with Gasteiger partial charge >= 0.3 is 77.8 Å². The van der Waals surface area contributed by atoms with Crippen molar-refractivity contribution in [1.29, 1.82) is 0 Å². The van der Waals surface area contributed by atoms with E-state index >= 15 is 0 Å². The van der Waals surface area contributed by atoms with Crippen LogP contribution in [-0.2, 0) is 4.79 Å². The zero-order chi connectivity index (χ0) is 8.69. The van der Waals surface area contributed by atoms with Crippen LogP contribution < -0.4 is 0 Å². The van der Waals surface area contributed by atoms with Gasteiger partial charge in [-0.25, -0.2) is 0 Å². The number of aliphatic carboxylic acids is 1. The number of unbranched alkanes of at least 4 members (excludes halogenated alkanes) is 2. The number of carboxylic acid groups (broad SMARTS) is 1. The predicted molar refractivity (Wildman–Crippen MR) is 46.9 cm³/mol. The Hall–Kier alpha value is 0.00870. The average molecular weight is 261 g/mol. The van der Waals surface area contributed by atoms with Crippen LogP contribution in [0.4, 0.5) is 0 Å². The standard InChI is InChI=1S/C7H11O2.CH3.Sn/c1-2-3-4-5-6-7(8)9;;/h5H,2-4H2,1H3,(H,8,9);1H3;. The first-order chi connectivity index (χ1) is 5.22. The van der Waals surface area contributed by atoms with Crippen molar-refractivity contribution in [1.82, 2.24) is 0 Å². The number of carboxylic acids is 1. The van der Waals surface area contributed by atoms with E-state index in [1.54, 1.807) is 0 Å². The third-order valence-electron chi connectivity index (χ3n) is 1.41. The molecule has 1 N–H and O–H groups in total. The van der Waals surface area contributed by atoms with Crippen molar-refractivity contribution in [2.24, 2.45) is 0 Å². The number of hydrogen-bond acceptors (Lipinski definition) is 1. The van der Waals surface area contributed by atoms with Crippen molar-refractivity contribution < 1.29 is 9.90 Å². The molecule has 0 aliphatic heterocycles. The van der Waals surface area contributed by atoms with E-state index in [4.69, 9.17) is 5.11 Å². The fraction of sp³-hybridized carbons (Fsp3) is 0.625. The molecule has 0 aliphatic carbocycles. The molecular formula is C8H14O2Sn. The normalized spacial score (nSPS) is 11.6. The molecule has 3 heteroatoms. The molecule has 0 aromatic rings. The van der Waals surface area contributed by atoms with Crippen LogP contribution in [0.3, 0.4) is 0 Å². The Morgan fingerprint density at radius 1 is 1.64 bits per heavy atom. The van der Waals surface area contributed by atoms with Gasteiger partial charge in [-0.15, -0.1) is 0 Å². The summed E-state index contributed by atoms with van der Waals surface area (Å²) in [7, 11) is 0. The van der Waals surface area contributed by atoms with Crippen molar-refractivity contribution >= 4 is 27.1 Å². The van der Waals surface area contributed by atoms with E-state index in [1.807, 2.05) is 11.0 Å². The molecule has 0 spiro atoms. The molecule has 2 nitrogen and oxygen atoms in total. The average Bonchev–Trinajstić information content (AvgIpc) is 1.97. The van der Waals surface area contributed by atoms with E-state index in [2.05, 4.69) is 6.92 Å². The molecule has 11 heavy (non-hydrogen) atoms. The summed E-state index contributed by atoms with van der Waals surface area (Å²) >= 11 is -0.735. The summed E-state index contributed by atoms with van der Waals surface area (Å²) in [6, 6.07) is 0. The van der Waals surface area contributed by atoms with Crippen molar-refractivity contribution in [3.8, 4) is 0 Å². The monoisotopic (exact) mass is 262 g/mol. The zero-order valence-electron chi connectivity index (χ0n) is 7.05. The van der Waals surface area contributed by atoms with Crippen LogP contribution in [0, 0.1) is 0 Å². The summed E-state index contributed by atoms with van der Waals surface area (Å²) in [6.07, 6.45) is 5.08. The fourth-order valence-electron chi connectivity index (χ4n) is 0.747. The van der Waals surface area contributed by atoms with Gasteiger partial charge in [0.1, 0.15) is 0 Å². The molecule has 0 bridgehead atoms. The molecule has 0 unspecified atom stereocenters. The van der Waals surface area contributed by atoms with E-state index < -0.39 is 27.1 Å². The van der Waals surface area contributed by atoms with Gasteiger partial charge in [-0.2, -0.15) is 0 Å². The molecule has 0 heterocycles. The molecule has 0 saturated heterocycles. The molecule has 0 rings (SSSR count). The Bertz CT molecular complexity index is 152. The van der Waals surface area contributed by atoms with Gasteiger partial charge < -0.3 is 0 Å². The van der Waals surface area contributed by atoms with Crippen LogP contribution in [0.1, 0.15) is 26.2 Å². The van der Waals surface area contributed by atoms with Crippen LogP contribution in [-0.4, -0.2) is 32.2 Å². The quantitative estimate of drug-likeness (QED) is 0.466. The molecule has 0 aromatic heterocycles. The van der Waals surface area contributed by atoms with E-state index in [9.17, 15) is 4.79 Å². The topological polar surface area (TPSA) is 37.3 Å². The van der Waals surface area contributed by atoms with Crippen LogP contribution in [0.5, 0.6) is 0 Å². The Kier molecular flexibility index (Phi) is 6.71. The minimum absolute atomic E-state index is 0.699. The van der Waals surface area contributed by atoms with Crippen LogP contribution in [0.15, 0.2) is 9.67 Å². The molecule has 62 valence electrons. The maximum absolute atomic E-state index is 10.5. The van der Waals surface area contributed by atoms with Crippen molar-refractivity contribution in [2.75, 3.05) is 0 Å². The molecule has 0 saturated carbocycles. The first-order valence-corrected chi connectivity index (χ1v) is 8.11. The molecule has 2 radical (unpaired) electrons. The summed E-state index contributed by atoms with van der Waals surface area (Å²) in [5.41, 5.74) is 0. The fourth-order valence-corrected chi connectivity index (χ4v) is 2.35. The van der Waals surface area contributed by atoms with Crippen molar-refractivity contribution in [3.63, 3.8) is 0 Å². The summed E-state index contributed by atoms with van der Waals surface area (Å²) in [5.74, 6) is -0.699. The molecular weight excluding hydrogens is 247 g/mol. The zero-order valence-corrected chi connectivity index (χ0v) is 9.91. The summed E-state index contributed by atoms with van der Waals surface area (Å²) < 4.78 is 0.710. The number of carbonyl (C=O) groups is 1. The predicted octanol–water partition coefficient (Wildman–Crippen LogP) is 1.90. The second-order valence-corrected chi connectivity index (χ2v) is 5.28. The molecule has 0 aliphatic rings. The van der Waals surface area contributed by atoms with Crippen molar-refractivity contribution in [3.05, 3.63) is 9.67 Å². The van der Waals surface area contributed by atoms with E-state index in [0.29, 0.717) is 3.59 Å². The van der Waals surface area contributed by atoms with Gasteiger partial charge in [0, 0.05) is 0 Å². The van der Waals surface area contributed by atoms with Gasteiger partial charge in [-0.3, -0.25) is 0 Å². The summed E-state index contributed by atoms with van der Waals surface area (Å²) in [4.78, 5) is 12.5. The maximum atomic E-state index is 10.5. The van der Waals surface area contributed by atoms with Crippen molar-refractivity contribution in [2.45, 2.75) is 31.1 Å². The molecule has 0 amide bonds. The van der Waals surface area contributed by atoms with E-state index in [-0.39, 0.29) is 0 Å². The SMILES string of the molecule is CCCC/C=[C](\[Sn][CH3])C(=O)O. The second kappa shape index (κ2) is 6.70. The van der Waals surface area contributed by atoms with Gasteiger partial charge in [-0.1, -0.05) is 0 Å². The van der Waals surface area contributed by atoms with Gasteiger partial charge in [-0.05, 0) is 0 Å². The molecule has 0 aromatic carbocycles. The second-order valence-electron chi connectivity index (χ2n) is 2.32. The van der Waals surface area contributed by atoms with E-state index in [0.717, 1.165) is 19.3 Å². The Labute approximate surface area is 77.9 Å². The Balaban J connectivity index is 3.81. The number of hydrogen-bond donors (Lipinski definition) is 1. The van der Waals surface area contributed by atoms with Gasteiger partial charge in [0.25, 0.3) is 0 Å². The number of rotatable bonds is 5. The van der Waals surface area contributed by atoms with E-state index in [1.165, 1.54) is 0 Å². The number of allylic oxidation sites excluding steroid dienone is 1. The van der Waals surface area contributed by atoms with Gasteiger partial charge in [0.15, 0.2) is 0 Å². The van der Waals surface area contributed by atoms with Crippen LogP contribution >= 0.6 is 0 Å². The summed E-state index contributed by atoms with van der Waals surface area (Å²) in [6.45, 7) is 2.11. The first-order valence-electron chi connectivity index (χ1n) is 3.83. The molecule has 0 fully saturated rings. The third kappa shape index (κ3) is 5.30. The first kappa shape index (κ1) is 11.0. The summed E-state index contributed by atoms with van der Waals surface area (Å²) in [5, 5.41) is 8.65. The third-order valence-corrected chi connectivity index (χ3v) is 4.14.